The molecule has 6 nitrogen and oxygen atoms in total. The van der Waals surface area contributed by atoms with E-state index >= 15 is 0 Å². The summed E-state index contributed by atoms with van der Waals surface area (Å²) in [5.74, 6) is 0.534. The van der Waals surface area contributed by atoms with E-state index < -0.39 is 0 Å². The zero-order valence-corrected chi connectivity index (χ0v) is 16.8. The molecule has 4 rings (SSSR count). The van der Waals surface area contributed by atoms with E-state index in [1.165, 1.54) is 0 Å². The monoisotopic (exact) mass is 401 g/mol. The molecule has 0 saturated carbocycles. The summed E-state index contributed by atoms with van der Waals surface area (Å²) in [5, 5.41) is 7.26. The van der Waals surface area contributed by atoms with E-state index in [2.05, 4.69) is 15.8 Å². The molecule has 0 aliphatic heterocycles. The molecular formula is C24H23N3O3. The lowest BCUT2D eigenvalue weighted by Crippen LogP contribution is -2.23. The quantitative estimate of drug-likeness (QED) is 0.634. The minimum atomic E-state index is -0.266. The van der Waals surface area contributed by atoms with Crippen LogP contribution in [0.2, 0.25) is 0 Å². The van der Waals surface area contributed by atoms with Gasteiger partial charge in [0.15, 0.2) is 5.76 Å². The number of nitrogens with zero attached hydrogens (tertiary/aromatic N) is 1. The van der Waals surface area contributed by atoms with Crippen molar-refractivity contribution in [2.75, 3.05) is 0 Å². The van der Waals surface area contributed by atoms with Crippen LogP contribution in [0.5, 0.6) is 0 Å². The van der Waals surface area contributed by atoms with Crippen LogP contribution in [0.3, 0.4) is 0 Å². The van der Waals surface area contributed by atoms with E-state index in [-0.39, 0.29) is 11.8 Å². The van der Waals surface area contributed by atoms with Crippen molar-refractivity contribution < 1.29 is 14.0 Å². The molecule has 1 aliphatic carbocycles. The molecule has 0 spiro atoms. The highest BCUT2D eigenvalue weighted by atomic mass is 16.4. The van der Waals surface area contributed by atoms with Gasteiger partial charge in [-0.2, -0.15) is 5.10 Å². The highest BCUT2D eigenvalue weighted by molar-refractivity contribution is 6.07. The predicted molar refractivity (Wildman–Crippen MR) is 114 cm³/mol. The maximum absolute atomic E-state index is 12.7. The van der Waals surface area contributed by atoms with Gasteiger partial charge in [0.1, 0.15) is 5.76 Å². The minimum Gasteiger partial charge on any atom is -0.455 e. The molecule has 6 heteroatoms. The summed E-state index contributed by atoms with van der Waals surface area (Å²) in [5.41, 5.74) is 6.52. The van der Waals surface area contributed by atoms with Crippen molar-refractivity contribution in [2.24, 2.45) is 5.10 Å². The van der Waals surface area contributed by atoms with Gasteiger partial charge in [-0.1, -0.05) is 48.5 Å². The Hall–Kier alpha value is -3.67. The lowest BCUT2D eigenvalue weighted by Gasteiger charge is -2.13. The number of carbonyl (C=O) groups excluding carboxylic acids is 2. The van der Waals surface area contributed by atoms with Gasteiger partial charge in [-0.05, 0) is 37.5 Å². The lowest BCUT2D eigenvalue weighted by atomic mass is 9.93. The van der Waals surface area contributed by atoms with Crippen molar-refractivity contribution in [3.8, 4) is 0 Å². The average molecular weight is 401 g/mol. The number of nitrogens with one attached hydrogen (secondary N) is 2. The smallest absolute Gasteiger partial charge is 0.287 e. The Morgan fingerprint density at radius 1 is 0.967 bits per heavy atom. The molecule has 0 radical (unpaired) electrons. The van der Waals surface area contributed by atoms with Crippen LogP contribution in [0, 0.1) is 6.92 Å². The number of amides is 2. The molecule has 3 aromatic rings. The summed E-state index contributed by atoms with van der Waals surface area (Å²) in [6.07, 6.45) is 2.31. The van der Waals surface area contributed by atoms with Crippen LogP contribution in [0.1, 0.15) is 56.2 Å². The molecule has 30 heavy (non-hydrogen) atoms. The molecule has 1 aliphatic rings. The third-order valence-electron chi connectivity index (χ3n) is 5.16. The molecule has 2 N–H and O–H groups in total. The van der Waals surface area contributed by atoms with Gasteiger partial charge in [-0.3, -0.25) is 9.59 Å². The van der Waals surface area contributed by atoms with E-state index in [4.69, 9.17) is 4.42 Å². The molecule has 152 valence electrons. The molecule has 0 unspecified atom stereocenters. The first-order valence-electron chi connectivity index (χ1n) is 10.00. The summed E-state index contributed by atoms with van der Waals surface area (Å²) in [4.78, 5) is 25.0. The summed E-state index contributed by atoms with van der Waals surface area (Å²) >= 11 is 0. The van der Waals surface area contributed by atoms with Gasteiger partial charge in [0, 0.05) is 29.7 Å². The number of rotatable bonds is 5. The number of aryl methyl sites for hydroxylation is 1. The average Bonchev–Trinajstić information content (AvgIpc) is 3.14. The second kappa shape index (κ2) is 8.78. The Kier molecular flexibility index (Phi) is 5.75. The Bertz CT molecular complexity index is 1090. The van der Waals surface area contributed by atoms with Crippen LogP contribution in [0.15, 0.2) is 70.2 Å². The van der Waals surface area contributed by atoms with Crippen molar-refractivity contribution in [2.45, 2.75) is 32.7 Å². The number of fused-ring (bicyclic) bond motifs is 1. The Morgan fingerprint density at radius 3 is 2.40 bits per heavy atom. The second-order valence-electron chi connectivity index (χ2n) is 7.24. The zero-order valence-electron chi connectivity index (χ0n) is 16.8. The van der Waals surface area contributed by atoms with E-state index in [0.717, 1.165) is 41.0 Å². The fourth-order valence-corrected chi connectivity index (χ4v) is 3.63. The Labute approximate surface area is 175 Å². The van der Waals surface area contributed by atoms with Crippen molar-refractivity contribution >= 4 is 17.5 Å². The van der Waals surface area contributed by atoms with Crippen LogP contribution < -0.4 is 10.7 Å². The van der Waals surface area contributed by atoms with E-state index in [9.17, 15) is 9.59 Å². The second-order valence-corrected chi connectivity index (χ2v) is 7.24. The standard InChI is InChI=1S/C24H23N3O3/c1-16-21-19(26-27-23(28)18-11-6-3-7-12-18)13-8-14-20(21)30-22(16)24(29)25-15-17-9-4-2-5-10-17/h2-7,9-12H,8,13-15H2,1H3,(H,25,29)(H,27,28)/b26-19+. The Balaban J connectivity index is 1.51. The molecular weight excluding hydrogens is 378 g/mol. The predicted octanol–water partition coefficient (Wildman–Crippen LogP) is 3.99. The highest BCUT2D eigenvalue weighted by Gasteiger charge is 2.28. The molecule has 0 saturated heterocycles. The third kappa shape index (κ3) is 4.17. The maximum Gasteiger partial charge on any atom is 0.287 e. The van der Waals surface area contributed by atoms with E-state index in [1.807, 2.05) is 43.3 Å². The number of benzene rings is 2. The maximum atomic E-state index is 12.7. The Morgan fingerprint density at radius 2 is 1.67 bits per heavy atom. The topological polar surface area (TPSA) is 83.7 Å². The first kappa shape index (κ1) is 19.6. The van der Waals surface area contributed by atoms with E-state index in [1.54, 1.807) is 24.3 Å². The summed E-state index contributed by atoms with van der Waals surface area (Å²) in [7, 11) is 0. The number of hydrogen-bond acceptors (Lipinski definition) is 4. The van der Waals surface area contributed by atoms with Gasteiger partial charge in [0.2, 0.25) is 0 Å². The van der Waals surface area contributed by atoms with Crippen LogP contribution in [0.4, 0.5) is 0 Å². The molecule has 2 aromatic carbocycles. The van der Waals surface area contributed by atoms with Crippen LogP contribution >= 0.6 is 0 Å². The van der Waals surface area contributed by atoms with Gasteiger partial charge < -0.3 is 9.73 Å². The van der Waals surface area contributed by atoms with Crippen LogP contribution in [-0.2, 0) is 13.0 Å². The van der Waals surface area contributed by atoms with Crippen LogP contribution in [0.25, 0.3) is 0 Å². The first-order valence-corrected chi connectivity index (χ1v) is 10.00. The van der Waals surface area contributed by atoms with Crippen molar-refractivity contribution in [1.29, 1.82) is 0 Å². The molecule has 2 amide bonds. The number of furan rings is 1. The number of hydrogen-bond donors (Lipinski definition) is 2. The molecule has 1 aromatic heterocycles. The van der Waals surface area contributed by atoms with Gasteiger partial charge >= 0.3 is 0 Å². The third-order valence-corrected chi connectivity index (χ3v) is 5.16. The number of hydrazone groups is 1. The normalized spacial score (nSPS) is 14.2. The van der Waals surface area contributed by atoms with Gasteiger partial charge in [-0.25, -0.2) is 5.43 Å². The summed E-state index contributed by atoms with van der Waals surface area (Å²) in [6.45, 7) is 2.29. The molecule has 0 fully saturated rings. The summed E-state index contributed by atoms with van der Waals surface area (Å²) in [6, 6.07) is 18.7. The largest absolute Gasteiger partial charge is 0.455 e. The molecule has 0 atom stereocenters. The van der Waals surface area contributed by atoms with Gasteiger partial charge in [0.25, 0.3) is 11.8 Å². The minimum absolute atomic E-state index is 0.251. The van der Waals surface area contributed by atoms with E-state index in [0.29, 0.717) is 24.3 Å². The summed E-state index contributed by atoms with van der Waals surface area (Å²) < 4.78 is 5.90. The fourth-order valence-electron chi connectivity index (χ4n) is 3.63. The van der Waals surface area contributed by atoms with Gasteiger partial charge in [0.05, 0.1) is 5.71 Å². The highest BCUT2D eigenvalue weighted by Crippen LogP contribution is 2.29. The molecule has 1 heterocycles. The fraction of sp³-hybridized carbons (Fsp3) is 0.208. The SMILES string of the molecule is Cc1c(C(=O)NCc2ccccc2)oc2c1/C(=N/NC(=O)c1ccccc1)CCC2. The lowest BCUT2D eigenvalue weighted by molar-refractivity contribution is 0.0919. The zero-order chi connectivity index (χ0) is 20.9. The van der Waals surface area contributed by atoms with Gasteiger partial charge in [-0.15, -0.1) is 0 Å². The number of carbonyl (C=O) groups is 2. The van der Waals surface area contributed by atoms with Crippen molar-refractivity contribution in [3.63, 3.8) is 0 Å². The van der Waals surface area contributed by atoms with Crippen LogP contribution in [-0.4, -0.2) is 17.5 Å². The first-order chi connectivity index (χ1) is 14.6. The van der Waals surface area contributed by atoms with Crippen molar-refractivity contribution in [1.82, 2.24) is 10.7 Å². The molecule has 0 bridgehead atoms. The van der Waals surface area contributed by atoms with Crippen molar-refractivity contribution in [3.05, 3.63) is 94.4 Å².